The summed E-state index contributed by atoms with van der Waals surface area (Å²) >= 11 is 5.30. The molecule has 104 valence electrons. The molecule has 1 aliphatic heterocycles. The lowest BCUT2D eigenvalue weighted by Gasteiger charge is -2.24. The van der Waals surface area contributed by atoms with Crippen molar-refractivity contribution in [3.63, 3.8) is 0 Å². The summed E-state index contributed by atoms with van der Waals surface area (Å²) in [6.07, 6.45) is 1.07. The molecule has 0 radical (unpaired) electrons. The molecule has 0 spiro atoms. The molecule has 1 fully saturated rings. The van der Waals surface area contributed by atoms with Gasteiger partial charge in [0, 0.05) is 24.5 Å². The van der Waals surface area contributed by atoms with Crippen LogP contribution in [0, 0.1) is 0 Å². The SMILES string of the molecule is COc1ccc(NC(=O)N(C)[C@H]2CCSC2)cc1Br. The number of halogens is 1. The van der Waals surface area contributed by atoms with E-state index in [1.807, 2.05) is 37.0 Å². The van der Waals surface area contributed by atoms with E-state index < -0.39 is 0 Å². The number of carbonyl (C=O) groups is 1. The lowest BCUT2D eigenvalue weighted by molar-refractivity contribution is 0.209. The zero-order valence-corrected chi connectivity index (χ0v) is 13.4. The maximum Gasteiger partial charge on any atom is 0.321 e. The van der Waals surface area contributed by atoms with Crippen molar-refractivity contribution in [2.75, 3.05) is 31.0 Å². The van der Waals surface area contributed by atoms with Crippen LogP contribution >= 0.6 is 27.7 Å². The van der Waals surface area contributed by atoms with E-state index in [0.29, 0.717) is 6.04 Å². The van der Waals surface area contributed by atoms with Gasteiger partial charge in [0.1, 0.15) is 5.75 Å². The first-order valence-corrected chi connectivity index (χ1v) is 8.01. The van der Waals surface area contributed by atoms with E-state index in [1.165, 1.54) is 0 Å². The van der Waals surface area contributed by atoms with E-state index in [4.69, 9.17) is 4.74 Å². The normalized spacial score (nSPS) is 18.2. The zero-order chi connectivity index (χ0) is 13.8. The number of rotatable bonds is 3. The summed E-state index contributed by atoms with van der Waals surface area (Å²) in [4.78, 5) is 13.9. The molecule has 2 rings (SSSR count). The molecule has 1 aromatic rings. The predicted molar refractivity (Wildman–Crippen MR) is 83.2 cm³/mol. The van der Waals surface area contributed by atoms with Crippen molar-refractivity contribution in [1.29, 1.82) is 0 Å². The number of thioether (sulfide) groups is 1. The van der Waals surface area contributed by atoms with Crippen LogP contribution in [0.5, 0.6) is 5.75 Å². The van der Waals surface area contributed by atoms with Crippen LogP contribution in [0.4, 0.5) is 10.5 Å². The first-order valence-electron chi connectivity index (χ1n) is 6.07. The van der Waals surface area contributed by atoms with Crippen LogP contribution in [0.2, 0.25) is 0 Å². The number of hydrogen-bond donors (Lipinski definition) is 1. The Morgan fingerprint density at radius 2 is 2.37 bits per heavy atom. The number of benzene rings is 1. The van der Waals surface area contributed by atoms with Gasteiger partial charge in [0.25, 0.3) is 0 Å². The van der Waals surface area contributed by atoms with E-state index in [2.05, 4.69) is 21.2 Å². The molecule has 1 aliphatic rings. The van der Waals surface area contributed by atoms with Gasteiger partial charge in [-0.15, -0.1) is 0 Å². The van der Waals surface area contributed by atoms with Gasteiger partial charge in [-0.3, -0.25) is 0 Å². The lowest BCUT2D eigenvalue weighted by Crippen LogP contribution is -2.39. The molecule has 1 aromatic carbocycles. The summed E-state index contributed by atoms with van der Waals surface area (Å²) in [5, 5.41) is 2.90. The van der Waals surface area contributed by atoms with Crippen molar-refractivity contribution in [2.45, 2.75) is 12.5 Å². The fourth-order valence-corrected chi connectivity index (χ4v) is 3.76. The first kappa shape index (κ1) is 14.5. The molecule has 4 nitrogen and oxygen atoms in total. The quantitative estimate of drug-likeness (QED) is 0.913. The van der Waals surface area contributed by atoms with Gasteiger partial charge in [-0.2, -0.15) is 11.8 Å². The minimum Gasteiger partial charge on any atom is -0.496 e. The molecule has 0 bridgehead atoms. The highest BCUT2D eigenvalue weighted by Gasteiger charge is 2.23. The van der Waals surface area contributed by atoms with Crippen LogP contribution in [0.1, 0.15) is 6.42 Å². The van der Waals surface area contributed by atoms with Gasteiger partial charge in [-0.05, 0) is 46.3 Å². The van der Waals surface area contributed by atoms with Crippen molar-refractivity contribution in [2.24, 2.45) is 0 Å². The minimum atomic E-state index is -0.0652. The van der Waals surface area contributed by atoms with E-state index >= 15 is 0 Å². The van der Waals surface area contributed by atoms with Crippen molar-refractivity contribution in [1.82, 2.24) is 4.90 Å². The first-order chi connectivity index (χ1) is 9.11. The monoisotopic (exact) mass is 344 g/mol. The topological polar surface area (TPSA) is 41.6 Å². The van der Waals surface area contributed by atoms with Gasteiger partial charge < -0.3 is 15.0 Å². The second kappa shape index (κ2) is 6.52. The van der Waals surface area contributed by atoms with Gasteiger partial charge in [0.2, 0.25) is 0 Å². The second-order valence-electron chi connectivity index (χ2n) is 4.41. The fraction of sp³-hybridized carbons (Fsp3) is 0.462. The van der Waals surface area contributed by atoms with Crippen LogP contribution in [0.3, 0.4) is 0 Å². The number of carbonyl (C=O) groups excluding carboxylic acids is 1. The van der Waals surface area contributed by atoms with E-state index in [9.17, 15) is 4.79 Å². The van der Waals surface area contributed by atoms with E-state index in [-0.39, 0.29) is 6.03 Å². The highest BCUT2D eigenvalue weighted by Crippen LogP contribution is 2.28. The fourth-order valence-electron chi connectivity index (χ4n) is 1.95. The van der Waals surface area contributed by atoms with Crippen LogP contribution in [-0.4, -0.2) is 42.6 Å². The highest BCUT2D eigenvalue weighted by atomic mass is 79.9. The lowest BCUT2D eigenvalue weighted by atomic mass is 10.2. The molecular formula is C13H17BrN2O2S. The molecule has 0 saturated carbocycles. The van der Waals surface area contributed by atoms with Gasteiger partial charge >= 0.3 is 6.03 Å². The Morgan fingerprint density at radius 1 is 1.58 bits per heavy atom. The highest BCUT2D eigenvalue weighted by molar-refractivity contribution is 9.10. The average molecular weight is 345 g/mol. The Kier molecular flexibility index (Phi) is 4.99. The number of methoxy groups -OCH3 is 1. The molecule has 0 unspecified atom stereocenters. The van der Waals surface area contributed by atoms with Crippen LogP contribution < -0.4 is 10.1 Å². The maximum atomic E-state index is 12.1. The number of nitrogens with one attached hydrogen (secondary N) is 1. The number of urea groups is 1. The zero-order valence-electron chi connectivity index (χ0n) is 11.0. The van der Waals surface area contributed by atoms with Gasteiger partial charge in [0.05, 0.1) is 11.6 Å². The summed E-state index contributed by atoms with van der Waals surface area (Å²) in [7, 11) is 3.47. The Labute approximate surface area is 126 Å². The van der Waals surface area contributed by atoms with Crippen LogP contribution in [-0.2, 0) is 0 Å². The predicted octanol–water partition coefficient (Wildman–Crippen LogP) is 3.43. The third-order valence-corrected chi connectivity index (χ3v) is 4.94. The van der Waals surface area contributed by atoms with Crippen molar-refractivity contribution < 1.29 is 9.53 Å². The number of nitrogens with zero attached hydrogens (tertiary/aromatic N) is 1. The molecule has 1 atom stereocenters. The number of hydrogen-bond acceptors (Lipinski definition) is 3. The molecule has 0 aliphatic carbocycles. The van der Waals surface area contributed by atoms with Gasteiger partial charge in [-0.1, -0.05) is 0 Å². The van der Waals surface area contributed by atoms with Gasteiger partial charge in [-0.25, -0.2) is 4.79 Å². The van der Waals surface area contributed by atoms with E-state index in [1.54, 1.807) is 12.0 Å². The largest absolute Gasteiger partial charge is 0.496 e. The molecule has 2 amide bonds. The Morgan fingerprint density at radius 3 is 2.95 bits per heavy atom. The second-order valence-corrected chi connectivity index (χ2v) is 6.41. The van der Waals surface area contributed by atoms with E-state index in [0.717, 1.165) is 33.8 Å². The number of amides is 2. The summed E-state index contributed by atoms with van der Waals surface area (Å²) < 4.78 is 5.99. The van der Waals surface area contributed by atoms with Crippen molar-refractivity contribution >= 4 is 39.4 Å². The minimum absolute atomic E-state index is 0.0652. The Hall–Kier alpha value is -0.880. The summed E-state index contributed by atoms with van der Waals surface area (Å²) in [6.45, 7) is 0. The molecule has 1 N–H and O–H groups in total. The standard InChI is InChI=1S/C13H17BrN2O2S/c1-16(10-5-6-19-8-10)13(17)15-9-3-4-12(18-2)11(14)7-9/h3-4,7,10H,5-6,8H2,1-2H3,(H,15,17)/t10-/m0/s1. The molecule has 1 saturated heterocycles. The van der Waals surface area contributed by atoms with Crippen LogP contribution in [0.15, 0.2) is 22.7 Å². The molecule has 1 heterocycles. The van der Waals surface area contributed by atoms with Crippen molar-refractivity contribution in [3.8, 4) is 5.75 Å². The Balaban J connectivity index is 2.00. The third-order valence-electron chi connectivity index (χ3n) is 3.18. The van der Waals surface area contributed by atoms with Crippen molar-refractivity contribution in [3.05, 3.63) is 22.7 Å². The maximum absolute atomic E-state index is 12.1. The van der Waals surface area contributed by atoms with Gasteiger partial charge in [0.15, 0.2) is 0 Å². The Bertz CT molecular complexity index is 464. The molecule has 19 heavy (non-hydrogen) atoms. The third kappa shape index (κ3) is 3.57. The molecular weight excluding hydrogens is 328 g/mol. The van der Waals surface area contributed by atoms with Crippen LogP contribution in [0.25, 0.3) is 0 Å². The number of ether oxygens (including phenoxy) is 1. The summed E-state index contributed by atoms with van der Waals surface area (Å²) in [6, 6.07) is 5.77. The summed E-state index contributed by atoms with van der Waals surface area (Å²) in [5.74, 6) is 2.91. The average Bonchev–Trinajstić information content (AvgIpc) is 2.92. The smallest absolute Gasteiger partial charge is 0.321 e. The number of anilines is 1. The molecule has 6 heteroatoms. The molecule has 0 aromatic heterocycles. The summed E-state index contributed by atoms with van der Waals surface area (Å²) in [5.41, 5.74) is 0.759.